The van der Waals surface area contributed by atoms with Crippen LogP contribution in [0.15, 0.2) is 91.0 Å². The van der Waals surface area contributed by atoms with Crippen molar-refractivity contribution < 1.29 is 0 Å². The van der Waals surface area contributed by atoms with Gasteiger partial charge in [-0.3, -0.25) is 0 Å². The van der Waals surface area contributed by atoms with Gasteiger partial charge in [0.15, 0.2) is 5.15 Å². The topological polar surface area (TPSA) is 25.8 Å². The summed E-state index contributed by atoms with van der Waals surface area (Å²) in [5.74, 6) is 0. The van der Waals surface area contributed by atoms with Gasteiger partial charge in [0.1, 0.15) is 5.69 Å². The fraction of sp³-hybridized carbons (Fsp3) is 0. The molecule has 0 unspecified atom stereocenters. The van der Waals surface area contributed by atoms with Crippen molar-refractivity contribution in [1.82, 2.24) is 9.97 Å². The van der Waals surface area contributed by atoms with Crippen LogP contribution in [0.3, 0.4) is 0 Å². The van der Waals surface area contributed by atoms with Crippen molar-refractivity contribution in [2.45, 2.75) is 0 Å². The fourth-order valence-electron chi connectivity index (χ4n) is 3.35. The Bertz CT molecular complexity index is 1280. The molecule has 1 aromatic heterocycles. The maximum atomic E-state index is 6.39. The fourth-order valence-corrected chi connectivity index (χ4v) is 3.59. The zero-order valence-corrected chi connectivity index (χ0v) is 15.2. The van der Waals surface area contributed by atoms with E-state index in [2.05, 4.69) is 71.7 Å². The second kappa shape index (κ2) is 6.49. The highest BCUT2D eigenvalue weighted by molar-refractivity contribution is 6.32. The van der Waals surface area contributed by atoms with Gasteiger partial charge in [0.25, 0.3) is 0 Å². The summed E-state index contributed by atoms with van der Waals surface area (Å²) in [6, 6.07) is 31.0. The van der Waals surface area contributed by atoms with E-state index in [0.29, 0.717) is 10.8 Å². The minimum Gasteiger partial charge on any atom is -0.243 e. The first-order chi connectivity index (χ1) is 13.3. The molecule has 0 atom stereocenters. The number of nitrogens with zero attached hydrogens (tertiary/aromatic N) is 2. The Morgan fingerprint density at radius 3 is 1.89 bits per heavy atom. The van der Waals surface area contributed by atoms with Crippen molar-refractivity contribution in [1.29, 1.82) is 0 Å². The number of hydrogen-bond acceptors (Lipinski definition) is 2. The van der Waals surface area contributed by atoms with Gasteiger partial charge in [-0.2, -0.15) is 0 Å². The molecule has 0 fully saturated rings. The number of hydrogen-bond donors (Lipinski definition) is 0. The molecule has 0 aliphatic heterocycles. The lowest BCUT2D eigenvalue weighted by Gasteiger charge is -2.08. The molecule has 0 spiro atoms. The van der Waals surface area contributed by atoms with Crippen LogP contribution >= 0.6 is 11.6 Å². The number of halogens is 1. The standard InChI is InChI=1S/C24H15ClN2/c25-24-23(26-21-7-3-4-8-22(21)27-24)18-12-9-17(10-13-18)20-14-11-16-5-1-2-6-19(16)15-20/h1-15H. The lowest BCUT2D eigenvalue weighted by atomic mass is 10.00. The van der Waals surface area contributed by atoms with Crippen LogP contribution in [0.4, 0.5) is 0 Å². The van der Waals surface area contributed by atoms with Gasteiger partial charge in [-0.25, -0.2) is 9.97 Å². The maximum absolute atomic E-state index is 6.39. The quantitative estimate of drug-likeness (QED) is 0.344. The van der Waals surface area contributed by atoms with Gasteiger partial charge < -0.3 is 0 Å². The molecule has 128 valence electrons. The van der Waals surface area contributed by atoms with Gasteiger partial charge >= 0.3 is 0 Å². The molecule has 0 N–H and O–H groups in total. The van der Waals surface area contributed by atoms with Crippen LogP contribution in [-0.4, -0.2) is 9.97 Å². The van der Waals surface area contributed by atoms with E-state index in [1.807, 2.05) is 24.3 Å². The van der Waals surface area contributed by atoms with Gasteiger partial charge in [-0.1, -0.05) is 84.4 Å². The first kappa shape index (κ1) is 16.0. The van der Waals surface area contributed by atoms with E-state index in [1.54, 1.807) is 0 Å². The molecule has 0 saturated heterocycles. The Labute approximate surface area is 162 Å². The highest BCUT2D eigenvalue weighted by Crippen LogP contribution is 2.30. The van der Waals surface area contributed by atoms with Crippen molar-refractivity contribution in [3.8, 4) is 22.4 Å². The molecule has 1 heterocycles. The molecule has 3 heteroatoms. The molecule has 5 rings (SSSR count). The van der Waals surface area contributed by atoms with Crippen molar-refractivity contribution in [3.63, 3.8) is 0 Å². The minimum atomic E-state index is 0.423. The van der Waals surface area contributed by atoms with Crippen LogP contribution in [0.2, 0.25) is 5.15 Å². The maximum Gasteiger partial charge on any atom is 0.156 e. The monoisotopic (exact) mass is 366 g/mol. The van der Waals surface area contributed by atoms with Crippen LogP contribution < -0.4 is 0 Å². The third kappa shape index (κ3) is 2.94. The molecule has 4 aromatic carbocycles. The Morgan fingerprint density at radius 1 is 0.519 bits per heavy atom. The highest BCUT2D eigenvalue weighted by atomic mass is 35.5. The average Bonchev–Trinajstić information content (AvgIpc) is 2.73. The number of fused-ring (bicyclic) bond motifs is 2. The minimum absolute atomic E-state index is 0.423. The van der Waals surface area contributed by atoms with E-state index >= 15 is 0 Å². The van der Waals surface area contributed by atoms with Crippen molar-refractivity contribution in [2.75, 3.05) is 0 Å². The largest absolute Gasteiger partial charge is 0.243 e. The molecule has 0 aliphatic carbocycles. The summed E-state index contributed by atoms with van der Waals surface area (Å²) in [4.78, 5) is 9.16. The van der Waals surface area contributed by atoms with E-state index in [-0.39, 0.29) is 0 Å². The molecular weight excluding hydrogens is 352 g/mol. The highest BCUT2D eigenvalue weighted by Gasteiger charge is 2.09. The van der Waals surface area contributed by atoms with Crippen molar-refractivity contribution in [2.24, 2.45) is 0 Å². The first-order valence-electron chi connectivity index (χ1n) is 8.80. The molecule has 0 aliphatic rings. The third-order valence-electron chi connectivity index (χ3n) is 4.77. The summed E-state index contributed by atoms with van der Waals surface area (Å²) in [7, 11) is 0. The van der Waals surface area contributed by atoms with Gasteiger partial charge in [-0.05, 0) is 40.1 Å². The molecule has 0 saturated carbocycles. The summed E-state index contributed by atoms with van der Waals surface area (Å²) >= 11 is 6.39. The lowest BCUT2D eigenvalue weighted by molar-refractivity contribution is 1.29. The van der Waals surface area contributed by atoms with Gasteiger partial charge in [0.05, 0.1) is 11.0 Å². The first-order valence-corrected chi connectivity index (χ1v) is 9.18. The number of aromatic nitrogens is 2. The Kier molecular flexibility index (Phi) is 3.84. The Morgan fingerprint density at radius 2 is 1.11 bits per heavy atom. The normalized spacial score (nSPS) is 11.1. The predicted molar refractivity (Wildman–Crippen MR) is 113 cm³/mol. The summed E-state index contributed by atoms with van der Waals surface area (Å²) in [5, 5.41) is 2.91. The Hall–Kier alpha value is -3.23. The number of rotatable bonds is 2. The second-order valence-corrected chi connectivity index (χ2v) is 6.85. The van der Waals surface area contributed by atoms with Crippen LogP contribution in [0, 0.1) is 0 Å². The van der Waals surface area contributed by atoms with Crippen LogP contribution in [-0.2, 0) is 0 Å². The average molecular weight is 367 g/mol. The van der Waals surface area contributed by atoms with E-state index in [4.69, 9.17) is 16.6 Å². The Balaban J connectivity index is 1.55. The van der Waals surface area contributed by atoms with E-state index in [1.165, 1.54) is 16.3 Å². The van der Waals surface area contributed by atoms with Crippen molar-refractivity contribution in [3.05, 3.63) is 96.1 Å². The second-order valence-electron chi connectivity index (χ2n) is 6.49. The third-order valence-corrected chi connectivity index (χ3v) is 5.03. The summed E-state index contributed by atoms with van der Waals surface area (Å²) in [6.45, 7) is 0. The van der Waals surface area contributed by atoms with Crippen LogP contribution in [0.5, 0.6) is 0 Å². The van der Waals surface area contributed by atoms with E-state index < -0.39 is 0 Å². The molecule has 0 bridgehead atoms. The van der Waals surface area contributed by atoms with Gasteiger partial charge in [0, 0.05) is 5.56 Å². The number of benzene rings is 4. The predicted octanol–water partition coefficient (Wildman–Crippen LogP) is 6.77. The molecular formula is C24H15ClN2. The smallest absolute Gasteiger partial charge is 0.156 e. The molecule has 0 radical (unpaired) electrons. The summed E-state index contributed by atoms with van der Waals surface area (Å²) in [5.41, 5.74) is 5.67. The van der Waals surface area contributed by atoms with Crippen molar-refractivity contribution >= 4 is 33.4 Å². The zero-order valence-electron chi connectivity index (χ0n) is 14.4. The van der Waals surface area contributed by atoms with E-state index in [0.717, 1.165) is 22.2 Å². The van der Waals surface area contributed by atoms with Crippen LogP contribution in [0.25, 0.3) is 44.2 Å². The molecule has 27 heavy (non-hydrogen) atoms. The molecule has 2 nitrogen and oxygen atoms in total. The van der Waals surface area contributed by atoms with Crippen LogP contribution in [0.1, 0.15) is 0 Å². The van der Waals surface area contributed by atoms with Gasteiger partial charge in [-0.15, -0.1) is 0 Å². The summed E-state index contributed by atoms with van der Waals surface area (Å²) in [6.07, 6.45) is 0. The SMILES string of the molecule is Clc1nc2ccccc2nc1-c1ccc(-c2ccc3ccccc3c2)cc1. The van der Waals surface area contributed by atoms with Gasteiger partial charge in [0.2, 0.25) is 0 Å². The molecule has 0 amide bonds. The zero-order chi connectivity index (χ0) is 18.2. The van der Waals surface area contributed by atoms with E-state index in [9.17, 15) is 0 Å². The number of para-hydroxylation sites is 2. The lowest BCUT2D eigenvalue weighted by Crippen LogP contribution is -1.91. The summed E-state index contributed by atoms with van der Waals surface area (Å²) < 4.78 is 0. The molecule has 5 aromatic rings.